The number of pyridine rings is 1. The second-order valence-corrected chi connectivity index (χ2v) is 6.32. The van der Waals surface area contributed by atoms with Gasteiger partial charge in [-0.1, -0.05) is 30.3 Å². The third-order valence-electron chi connectivity index (χ3n) is 4.83. The van der Waals surface area contributed by atoms with Crippen LogP contribution in [-0.2, 0) is 6.54 Å². The standard InChI is InChI=1S/C23H22N2O2/c1-4-25-20-8-6-5-7-18(20)19-15-16(10-13-21(19)25)9-11-17-12-14-22(26-2)24-23(17)27-3/h5-15H,4H2,1-3H3/b11-9-. The summed E-state index contributed by atoms with van der Waals surface area (Å²) in [4.78, 5) is 4.33. The molecule has 0 saturated carbocycles. The summed E-state index contributed by atoms with van der Waals surface area (Å²) in [6, 6.07) is 18.9. The fourth-order valence-electron chi connectivity index (χ4n) is 3.54. The maximum absolute atomic E-state index is 5.38. The number of methoxy groups -OCH3 is 2. The van der Waals surface area contributed by atoms with Gasteiger partial charge in [-0.05, 0) is 42.8 Å². The van der Waals surface area contributed by atoms with E-state index in [0.29, 0.717) is 11.8 Å². The Hall–Kier alpha value is -3.27. The molecule has 0 aliphatic rings. The van der Waals surface area contributed by atoms with Gasteiger partial charge in [0.15, 0.2) is 0 Å². The van der Waals surface area contributed by atoms with E-state index in [9.17, 15) is 0 Å². The van der Waals surface area contributed by atoms with Gasteiger partial charge >= 0.3 is 0 Å². The van der Waals surface area contributed by atoms with Crippen molar-refractivity contribution < 1.29 is 9.47 Å². The largest absolute Gasteiger partial charge is 0.481 e. The lowest BCUT2D eigenvalue weighted by molar-refractivity contribution is 0.364. The van der Waals surface area contributed by atoms with Gasteiger partial charge in [0.2, 0.25) is 11.8 Å². The number of nitrogens with zero attached hydrogens (tertiary/aromatic N) is 2. The van der Waals surface area contributed by atoms with Crippen LogP contribution in [-0.4, -0.2) is 23.8 Å². The van der Waals surface area contributed by atoms with Gasteiger partial charge in [0, 0.05) is 40.0 Å². The first-order valence-electron chi connectivity index (χ1n) is 9.03. The van der Waals surface area contributed by atoms with Crippen LogP contribution in [0.4, 0.5) is 0 Å². The van der Waals surface area contributed by atoms with Gasteiger partial charge in [0.1, 0.15) is 0 Å². The SMILES string of the molecule is CCn1c2ccccc2c2cc(/C=C\c3ccc(OC)nc3OC)ccc21. The van der Waals surface area contributed by atoms with Gasteiger partial charge in [0.25, 0.3) is 0 Å². The molecule has 0 amide bonds. The van der Waals surface area contributed by atoms with Crippen molar-refractivity contribution in [3.05, 3.63) is 65.7 Å². The third-order valence-corrected chi connectivity index (χ3v) is 4.83. The summed E-state index contributed by atoms with van der Waals surface area (Å²) in [7, 11) is 3.21. The number of para-hydroxylation sites is 1. The third kappa shape index (κ3) is 3.04. The Balaban J connectivity index is 1.77. The molecule has 0 bridgehead atoms. The number of hydrogen-bond acceptors (Lipinski definition) is 3. The molecule has 4 aromatic rings. The highest BCUT2D eigenvalue weighted by Crippen LogP contribution is 2.30. The van der Waals surface area contributed by atoms with Crippen molar-refractivity contribution in [2.24, 2.45) is 0 Å². The van der Waals surface area contributed by atoms with Crippen LogP contribution in [0, 0.1) is 0 Å². The predicted molar refractivity (Wildman–Crippen MR) is 111 cm³/mol. The van der Waals surface area contributed by atoms with E-state index < -0.39 is 0 Å². The first-order valence-corrected chi connectivity index (χ1v) is 9.03. The van der Waals surface area contributed by atoms with Crippen molar-refractivity contribution >= 4 is 34.0 Å². The number of ether oxygens (including phenoxy) is 2. The maximum Gasteiger partial charge on any atom is 0.223 e. The van der Waals surface area contributed by atoms with Gasteiger partial charge in [0.05, 0.1) is 14.2 Å². The van der Waals surface area contributed by atoms with Crippen LogP contribution in [0.25, 0.3) is 34.0 Å². The highest BCUT2D eigenvalue weighted by atomic mass is 16.5. The van der Waals surface area contributed by atoms with Gasteiger partial charge in [-0.25, -0.2) is 0 Å². The van der Waals surface area contributed by atoms with Crippen molar-refractivity contribution in [3.8, 4) is 11.8 Å². The van der Waals surface area contributed by atoms with E-state index in [4.69, 9.17) is 9.47 Å². The highest BCUT2D eigenvalue weighted by Gasteiger charge is 2.09. The van der Waals surface area contributed by atoms with Crippen LogP contribution in [0.1, 0.15) is 18.1 Å². The minimum Gasteiger partial charge on any atom is -0.481 e. The highest BCUT2D eigenvalue weighted by molar-refractivity contribution is 6.08. The summed E-state index contributed by atoms with van der Waals surface area (Å²) in [6.45, 7) is 3.14. The molecule has 4 nitrogen and oxygen atoms in total. The lowest BCUT2D eigenvalue weighted by Crippen LogP contribution is -1.94. The monoisotopic (exact) mass is 358 g/mol. The average Bonchev–Trinajstić information content (AvgIpc) is 3.05. The van der Waals surface area contributed by atoms with Crippen LogP contribution in [0.15, 0.2) is 54.6 Å². The number of fused-ring (bicyclic) bond motifs is 3. The van der Waals surface area contributed by atoms with E-state index >= 15 is 0 Å². The zero-order chi connectivity index (χ0) is 18.8. The van der Waals surface area contributed by atoms with Gasteiger partial charge < -0.3 is 14.0 Å². The Labute approximate surface area is 158 Å². The van der Waals surface area contributed by atoms with Crippen molar-refractivity contribution in [3.63, 3.8) is 0 Å². The molecule has 0 atom stereocenters. The molecule has 0 N–H and O–H groups in total. The Kier molecular flexibility index (Phi) is 4.55. The number of rotatable bonds is 5. The topological polar surface area (TPSA) is 36.3 Å². The zero-order valence-electron chi connectivity index (χ0n) is 15.8. The van der Waals surface area contributed by atoms with Crippen molar-refractivity contribution in [2.45, 2.75) is 13.5 Å². The first-order chi connectivity index (χ1) is 13.2. The normalized spacial score (nSPS) is 11.5. The molecule has 27 heavy (non-hydrogen) atoms. The second-order valence-electron chi connectivity index (χ2n) is 6.32. The summed E-state index contributed by atoms with van der Waals surface area (Å²) >= 11 is 0. The molecule has 2 aromatic carbocycles. The lowest BCUT2D eigenvalue weighted by Gasteiger charge is -2.06. The molecule has 0 radical (unpaired) electrons. The number of aromatic nitrogens is 2. The van der Waals surface area contributed by atoms with Crippen LogP contribution < -0.4 is 9.47 Å². The zero-order valence-corrected chi connectivity index (χ0v) is 15.8. The molecule has 2 aromatic heterocycles. The summed E-state index contributed by atoms with van der Waals surface area (Å²) < 4.78 is 12.9. The van der Waals surface area contributed by atoms with Crippen LogP contribution in [0.5, 0.6) is 11.8 Å². The van der Waals surface area contributed by atoms with E-state index in [1.807, 2.05) is 18.2 Å². The Morgan fingerprint density at radius 1 is 0.889 bits per heavy atom. The Morgan fingerprint density at radius 3 is 2.48 bits per heavy atom. The molecule has 0 saturated heterocycles. The molecule has 0 spiro atoms. The summed E-state index contributed by atoms with van der Waals surface area (Å²) in [6.07, 6.45) is 4.11. The van der Waals surface area contributed by atoms with E-state index in [1.165, 1.54) is 21.8 Å². The van der Waals surface area contributed by atoms with E-state index in [0.717, 1.165) is 17.7 Å². The molecular formula is C23H22N2O2. The average molecular weight is 358 g/mol. The molecule has 136 valence electrons. The van der Waals surface area contributed by atoms with Crippen molar-refractivity contribution in [2.75, 3.05) is 14.2 Å². The van der Waals surface area contributed by atoms with Crippen LogP contribution in [0.2, 0.25) is 0 Å². The summed E-state index contributed by atoms with van der Waals surface area (Å²) in [5.74, 6) is 1.09. The van der Waals surface area contributed by atoms with E-state index in [2.05, 4.69) is 65.0 Å². The summed E-state index contributed by atoms with van der Waals surface area (Å²) in [5.41, 5.74) is 4.59. The number of hydrogen-bond donors (Lipinski definition) is 0. The van der Waals surface area contributed by atoms with Crippen LogP contribution in [0.3, 0.4) is 0 Å². The quantitative estimate of drug-likeness (QED) is 0.479. The second kappa shape index (κ2) is 7.16. The maximum atomic E-state index is 5.38. The molecule has 4 heteroatoms. The molecule has 4 rings (SSSR count). The first kappa shape index (κ1) is 17.2. The molecule has 0 unspecified atom stereocenters. The molecule has 0 aliphatic heterocycles. The molecule has 2 heterocycles. The smallest absolute Gasteiger partial charge is 0.223 e. The van der Waals surface area contributed by atoms with Crippen LogP contribution >= 0.6 is 0 Å². The summed E-state index contributed by atoms with van der Waals surface area (Å²) in [5, 5.41) is 2.56. The fraction of sp³-hybridized carbons (Fsp3) is 0.174. The van der Waals surface area contributed by atoms with Gasteiger partial charge in [-0.3, -0.25) is 0 Å². The number of aryl methyl sites for hydroxylation is 1. The van der Waals surface area contributed by atoms with Gasteiger partial charge in [-0.15, -0.1) is 0 Å². The molecule has 0 fully saturated rings. The fourth-order valence-corrected chi connectivity index (χ4v) is 3.54. The molecule has 0 aliphatic carbocycles. The van der Waals surface area contributed by atoms with Crippen molar-refractivity contribution in [1.82, 2.24) is 9.55 Å². The van der Waals surface area contributed by atoms with Gasteiger partial charge in [-0.2, -0.15) is 4.98 Å². The van der Waals surface area contributed by atoms with E-state index in [-0.39, 0.29) is 0 Å². The van der Waals surface area contributed by atoms with Crippen molar-refractivity contribution in [1.29, 1.82) is 0 Å². The van der Waals surface area contributed by atoms with E-state index in [1.54, 1.807) is 14.2 Å². The molecular weight excluding hydrogens is 336 g/mol. The minimum absolute atomic E-state index is 0.540. The lowest BCUT2D eigenvalue weighted by atomic mass is 10.1. The Bertz CT molecular complexity index is 1140. The Morgan fingerprint density at radius 2 is 1.70 bits per heavy atom. The predicted octanol–water partition coefficient (Wildman–Crippen LogP) is 5.40. The number of benzene rings is 2. The minimum atomic E-state index is 0.540.